The van der Waals surface area contributed by atoms with Gasteiger partial charge in [0, 0.05) is 6.42 Å². The quantitative estimate of drug-likeness (QED) is 0.565. The lowest BCUT2D eigenvalue weighted by Gasteiger charge is -2.29. The first-order valence-corrected chi connectivity index (χ1v) is 7.03. The molecule has 0 radical (unpaired) electrons. The Hall–Kier alpha value is -0.650. The lowest BCUT2D eigenvalue weighted by molar-refractivity contribution is -0.146. The van der Waals surface area contributed by atoms with E-state index in [2.05, 4.69) is 5.32 Å². The molecule has 0 spiro atoms. The number of hydrogen-bond acceptors (Lipinski definition) is 4. The number of rotatable bonds is 11. The predicted octanol–water partition coefficient (Wildman–Crippen LogP) is 2.05. The molecule has 19 heavy (non-hydrogen) atoms. The van der Waals surface area contributed by atoms with Gasteiger partial charge in [-0.2, -0.15) is 0 Å². The molecule has 0 heterocycles. The van der Waals surface area contributed by atoms with Crippen LogP contribution in [0.5, 0.6) is 0 Å². The minimum absolute atomic E-state index is 0.124. The zero-order valence-corrected chi connectivity index (χ0v) is 12.9. The largest absolute Gasteiger partial charge is 0.480 e. The summed E-state index contributed by atoms with van der Waals surface area (Å²) in [6.07, 6.45) is 1.40. The Balaban J connectivity index is 4.09. The van der Waals surface area contributed by atoms with Crippen molar-refractivity contribution >= 4 is 5.97 Å². The SMILES string of the molecule is CCCNC(C)(CC(C)OCCOC(C)C)C(=O)O. The van der Waals surface area contributed by atoms with Gasteiger partial charge in [-0.05, 0) is 40.7 Å². The highest BCUT2D eigenvalue weighted by atomic mass is 16.5. The first-order chi connectivity index (χ1) is 8.81. The zero-order valence-electron chi connectivity index (χ0n) is 12.9. The molecule has 114 valence electrons. The Morgan fingerprint density at radius 1 is 1.26 bits per heavy atom. The van der Waals surface area contributed by atoms with E-state index in [1.807, 2.05) is 27.7 Å². The maximum absolute atomic E-state index is 11.3. The Morgan fingerprint density at radius 3 is 2.32 bits per heavy atom. The molecule has 0 aliphatic rings. The summed E-state index contributed by atoms with van der Waals surface area (Å²) in [6.45, 7) is 11.3. The number of carboxylic acid groups (broad SMARTS) is 1. The molecule has 5 nitrogen and oxygen atoms in total. The van der Waals surface area contributed by atoms with E-state index in [9.17, 15) is 9.90 Å². The summed E-state index contributed by atoms with van der Waals surface area (Å²) in [5, 5.41) is 12.4. The molecule has 0 aromatic carbocycles. The molecule has 0 amide bonds. The van der Waals surface area contributed by atoms with E-state index in [1.54, 1.807) is 6.92 Å². The van der Waals surface area contributed by atoms with Crippen LogP contribution in [0.4, 0.5) is 0 Å². The van der Waals surface area contributed by atoms with Crippen molar-refractivity contribution in [1.82, 2.24) is 5.32 Å². The Kier molecular flexibility index (Phi) is 8.97. The second-order valence-corrected chi connectivity index (χ2v) is 5.37. The fourth-order valence-electron chi connectivity index (χ4n) is 1.80. The van der Waals surface area contributed by atoms with Gasteiger partial charge in [0.25, 0.3) is 0 Å². The molecule has 0 aromatic heterocycles. The standard InChI is InChI=1S/C14H29NO4/c1-6-7-15-14(5,13(16)17)10-12(4)19-9-8-18-11(2)3/h11-12,15H,6-10H2,1-5H3,(H,16,17). The van der Waals surface area contributed by atoms with Crippen LogP contribution < -0.4 is 5.32 Å². The summed E-state index contributed by atoms with van der Waals surface area (Å²) in [4.78, 5) is 11.3. The average Bonchev–Trinajstić information content (AvgIpc) is 2.31. The van der Waals surface area contributed by atoms with E-state index in [4.69, 9.17) is 9.47 Å². The van der Waals surface area contributed by atoms with Crippen LogP contribution in [0.1, 0.15) is 47.5 Å². The van der Waals surface area contributed by atoms with Crippen molar-refractivity contribution in [2.24, 2.45) is 0 Å². The van der Waals surface area contributed by atoms with Crippen molar-refractivity contribution in [2.75, 3.05) is 19.8 Å². The maximum Gasteiger partial charge on any atom is 0.323 e. The van der Waals surface area contributed by atoms with Crippen molar-refractivity contribution < 1.29 is 19.4 Å². The number of hydrogen-bond donors (Lipinski definition) is 2. The molecule has 5 heteroatoms. The summed E-state index contributed by atoms with van der Waals surface area (Å²) < 4.78 is 11.0. The van der Waals surface area contributed by atoms with E-state index >= 15 is 0 Å². The van der Waals surface area contributed by atoms with Crippen LogP contribution in [-0.2, 0) is 14.3 Å². The first kappa shape index (κ1) is 18.4. The minimum atomic E-state index is -0.936. The molecule has 2 atom stereocenters. The summed E-state index contributed by atoms with van der Waals surface area (Å²) in [5.74, 6) is -0.838. The predicted molar refractivity (Wildman–Crippen MR) is 75.5 cm³/mol. The molecule has 0 aromatic rings. The topological polar surface area (TPSA) is 67.8 Å². The van der Waals surface area contributed by atoms with Gasteiger partial charge in [0.2, 0.25) is 0 Å². The monoisotopic (exact) mass is 275 g/mol. The van der Waals surface area contributed by atoms with Crippen molar-refractivity contribution in [3.63, 3.8) is 0 Å². The van der Waals surface area contributed by atoms with Gasteiger partial charge >= 0.3 is 5.97 Å². The number of ether oxygens (including phenoxy) is 2. The maximum atomic E-state index is 11.3. The molecule has 0 rings (SSSR count). The van der Waals surface area contributed by atoms with Crippen LogP contribution in [0.15, 0.2) is 0 Å². The van der Waals surface area contributed by atoms with Crippen LogP contribution in [0.2, 0.25) is 0 Å². The highest BCUT2D eigenvalue weighted by Gasteiger charge is 2.34. The normalized spacial score (nSPS) is 16.3. The van der Waals surface area contributed by atoms with E-state index < -0.39 is 11.5 Å². The number of aliphatic carboxylic acids is 1. The zero-order chi connectivity index (χ0) is 14.9. The molecule has 2 unspecified atom stereocenters. The minimum Gasteiger partial charge on any atom is -0.480 e. The molecule has 0 bridgehead atoms. The van der Waals surface area contributed by atoms with Crippen LogP contribution >= 0.6 is 0 Å². The van der Waals surface area contributed by atoms with Gasteiger partial charge in [0.05, 0.1) is 25.4 Å². The molecule has 0 aliphatic heterocycles. The van der Waals surface area contributed by atoms with Gasteiger partial charge in [-0.1, -0.05) is 6.92 Å². The molecule has 2 N–H and O–H groups in total. The van der Waals surface area contributed by atoms with Crippen LogP contribution in [-0.4, -0.2) is 48.6 Å². The van der Waals surface area contributed by atoms with Crippen molar-refractivity contribution in [3.05, 3.63) is 0 Å². The Bertz CT molecular complexity index is 258. The van der Waals surface area contributed by atoms with E-state index in [1.165, 1.54) is 0 Å². The van der Waals surface area contributed by atoms with Gasteiger partial charge < -0.3 is 19.9 Å². The molecular weight excluding hydrogens is 246 g/mol. The lowest BCUT2D eigenvalue weighted by atomic mass is 9.94. The fraction of sp³-hybridized carbons (Fsp3) is 0.929. The molecule has 0 saturated heterocycles. The lowest BCUT2D eigenvalue weighted by Crippen LogP contribution is -2.51. The molecule has 0 saturated carbocycles. The van der Waals surface area contributed by atoms with Crippen molar-refractivity contribution in [3.8, 4) is 0 Å². The summed E-state index contributed by atoms with van der Waals surface area (Å²) in [7, 11) is 0. The highest BCUT2D eigenvalue weighted by Crippen LogP contribution is 2.15. The second-order valence-electron chi connectivity index (χ2n) is 5.37. The third-order valence-corrected chi connectivity index (χ3v) is 2.87. The summed E-state index contributed by atoms with van der Waals surface area (Å²) >= 11 is 0. The Labute approximate surface area is 116 Å². The molecule has 0 fully saturated rings. The third-order valence-electron chi connectivity index (χ3n) is 2.87. The van der Waals surface area contributed by atoms with Crippen molar-refractivity contribution in [2.45, 2.75) is 65.2 Å². The van der Waals surface area contributed by atoms with Crippen LogP contribution in [0, 0.1) is 0 Å². The van der Waals surface area contributed by atoms with Gasteiger partial charge in [-0.3, -0.25) is 4.79 Å². The average molecular weight is 275 g/mol. The van der Waals surface area contributed by atoms with E-state index in [0.29, 0.717) is 26.2 Å². The number of carbonyl (C=O) groups is 1. The van der Waals surface area contributed by atoms with Crippen molar-refractivity contribution in [1.29, 1.82) is 0 Å². The fourth-order valence-corrected chi connectivity index (χ4v) is 1.80. The van der Waals surface area contributed by atoms with E-state index in [0.717, 1.165) is 6.42 Å². The Morgan fingerprint density at radius 2 is 1.84 bits per heavy atom. The smallest absolute Gasteiger partial charge is 0.323 e. The van der Waals surface area contributed by atoms with Crippen LogP contribution in [0.25, 0.3) is 0 Å². The van der Waals surface area contributed by atoms with Gasteiger partial charge in [-0.25, -0.2) is 0 Å². The van der Waals surface area contributed by atoms with Crippen LogP contribution in [0.3, 0.4) is 0 Å². The van der Waals surface area contributed by atoms with Gasteiger partial charge in [0.15, 0.2) is 0 Å². The van der Waals surface area contributed by atoms with E-state index in [-0.39, 0.29) is 12.2 Å². The number of nitrogens with one attached hydrogen (secondary N) is 1. The molecular formula is C14H29NO4. The first-order valence-electron chi connectivity index (χ1n) is 7.03. The molecule has 0 aliphatic carbocycles. The summed E-state index contributed by atoms with van der Waals surface area (Å²) in [5.41, 5.74) is -0.936. The highest BCUT2D eigenvalue weighted by molar-refractivity contribution is 5.78. The summed E-state index contributed by atoms with van der Waals surface area (Å²) in [6, 6.07) is 0. The van der Waals surface area contributed by atoms with Gasteiger partial charge in [0.1, 0.15) is 5.54 Å². The third kappa shape index (κ3) is 8.18. The second kappa shape index (κ2) is 9.28. The number of carboxylic acids is 1. The van der Waals surface area contributed by atoms with Gasteiger partial charge in [-0.15, -0.1) is 0 Å².